The molecular formula is C18H16ClIN2OS. The molecule has 0 aliphatic carbocycles. The third-order valence-electron chi connectivity index (χ3n) is 3.67. The SMILES string of the molecule is CCCCc1ccc2nc(NC(=O)c3cc(I)ccc3Cl)sc2c1. The molecular weight excluding hydrogens is 455 g/mol. The van der Waals surface area contributed by atoms with E-state index < -0.39 is 0 Å². The number of amides is 1. The van der Waals surface area contributed by atoms with Crippen molar-refractivity contribution in [2.45, 2.75) is 26.2 Å². The van der Waals surface area contributed by atoms with Crippen LogP contribution in [0.2, 0.25) is 5.02 Å². The number of fused-ring (bicyclic) bond motifs is 1. The molecule has 0 saturated carbocycles. The molecule has 124 valence electrons. The van der Waals surface area contributed by atoms with E-state index in [1.807, 2.05) is 12.1 Å². The van der Waals surface area contributed by atoms with Gasteiger partial charge >= 0.3 is 0 Å². The van der Waals surface area contributed by atoms with Crippen LogP contribution in [0.1, 0.15) is 35.7 Å². The second-order valence-electron chi connectivity index (χ2n) is 5.50. The van der Waals surface area contributed by atoms with Crippen LogP contribution in [0, 0.1) is 3.57 Å². The highest BCUT2D eigenvalue weighted by molar-refractivity contribution is 14.1. The van der Waals surface area contributed by atoms with Crippen LogP contribution in [0.5, 0.6) is 0 Å². The largest absolute Gasteiger partial charge is 0.298 e. The minimum absolute atomic E-state index is 0.233. The second-order valence-corrected chi connectivity index (χ2v) is 8.19. The van der Waals surface area contributed by atoms with Crippen molar-refractivity contribution in [3.05, 3.63) is 56.1 Å². The average molecular weight is 471 g/mol. The van der Waals surface area contributed by atoms with Gasteiger partial charge in [0.25, 0.3) is 5.91 Å². The summed E-state index contributed by atoms with van der Waals surface area (Å²) in [6, 6.07) is 11.7. The molecule has 0 saturated heterocycles. The summed E-state index contributed by atoms with van der Waals surface area (Å²) in [5, 5.41) is 3.89. The van der Waals surface area contributed by atoms with Crippen molar-refractivity contribution >= 4 is 66.8 Å². The highest BCUT2D eigenvalue weighted by Gasteiger charge is 2.13. The Morgan fingerprint density at radius 2 is 2.12 bits per heavy atom. The predicted molar refractivity (Wildman–Crippen MR) is 110 cm³/mol. The van der Waals surface area contributed by atoms with Crippen molar-refractivity contribution in [2.75, 3.05) is 5.32 Å². The molecule has 0 atom stereocenters. The van der Waals surface area contributed by atoms with Gasteiger partial charge in [0.2, 0.25) is 0 Å². The van der Waals surface area contributed by atoms with Crippen LogP contribution in [0.3, 0.4) is 0 Å². The van der Waals surface area contributed by atoms with Crippen LogP contribution in [0.25, 0.3) is 10.2 Å². The lowest BCUT2D eigenvalue weighted by Gasteiger charge is -2.04. The molecule has 0 bridgehead atoms. The number of unbranched alkanes of at least 4 members (excludes halogenated alkanes) is 1. The summed E-state index contributed by atoms with van der Waals surface area (Å²) in [6.45, 7) is 2.19. The Balaban J connectivity index is 1.82. The van der Waals surface area contributed by atoms with Crippen LogP contribution in [-0.4, -0.2) is 10.9 Å². The predicted octanol–water partition coefficient (Wildman–Crippen LogP) is 6.15. The van der Waals surface area contributed by atoms with Gasteiger partial charge < -0.3 is 0 Å². The Bertz CT molecular complexity index is 894. The topological polar surface area (TPSA) is 42.0 Å². The van der Waals surface area contributed by atoms with E-state index in [0.29, 0.717) is 15.7 Å². The van der Waals surface area contributed by atoms with Crippen LogP contribution in [0.15, 0.2) is 36.4 Å². The van der Waals surface area contributed by atoms with Crippen molar-refractivity contribution in [3.8, 4) is 0 Å². The fourth-order valence-corrected chi connectivity index (χ4v) is 4.01. The van der Waals surface area contributed by atoms with E-state index in [0.717, 1.165) is 20.2 Å². The van der Waals surface area contributed by atoms with Crippen LogP contribution in [-0.2, 0) is 6.42 Å². The van der Waals surface area contributed by atoms with Gasteiger partial charge in [-0.3, -0.25) is 10.1 Å². The first-order valence-corrected chi connectivity index (χ1v) is 10.00. The Hall–Kier alpha value is -1.18. The minimum Gasteiger partial charge on any atom is -0.298 e. The molecule has 0 spiro atoms. The normalized spacial score (nSPS) is 11.0. The number of benzene rings is 2. The molecule has 1 heterocycles. The maximum Gasteiger partial charge on any atom is 0.258 e. The molecule has 0 aliphatic rings. The van der Waals surface area contributed by atoms with Crippen molar-refractivity contribution in [3.63, 3.8) is 0 Å². The first kappa shape index (κ1) is 17.6. The third-order valence-corrected chi connectivity index (χ3v) is 5.60. The fraction of sp³-hybridized carbons (Fsp3) is 0.222. The number of thiazole rings is 1. The number of nitrogens with zero attached hydrogens (tertiary/aromatic N) is 1. The van der Waals surface area contributed by atoms with Crippen molar-refractivity contribution in [1.29, 1.82) is 0 Å². The number of aromatic nitrogens is 1. The molecule has 3 aromatic rings. The summed E-state index contributed by atoms with van der Waals surface area (Å²) in [5.74, 6) is -0.233. The smallest absolute Gasteiger partial charge is 0.258 e. The van der Waals surface area contributed by atoms with Crippen molar-refractivity contribution in [2.24, 2.45) is 0 Å². The summed E-state index contributed by atoms with van der Waals surface area (Å²) in [6.07, 6.45) is 3.43. The maximum absolute atomic E-state index is 12.4. The number of nitrogens with one attached hydrogen (secondary N) is 1. The molecule has 1 amide bonds. The number of carbonyl (C=O) groups excluding carboxylic acids is 1. The average Bonchev–Trinajstić information content (AvgIpc) is 2.96. The van der Waals surface area contributed by atoms with Gasteiger partial charge in [-0.25, -0.2) is 4.98 Å². The molecule has 1 N–H and O–H groups in total. The van der Waals surface area contributed by atoms with Gasteiger partial charge in [-0.15, -0.1) is 0 Å². The minimum atomic E-state index is -0.233. The second kappa shape index (κ2) is 7.80. The maximum atomic E-state index is 12.4. The van der Waals surface area contributed by atoms with Gasteiger partial charge in [0.1, 0.15) is 0 Å². The number of rotatable bonds is 5. The van der Waals surface area contributed by atoms with Crippen LogP contribution < -0.4 is 5.32 Å². The molecule has 0 radical (unpaired) electrons. The zero-order valence-corrected chi connectivity index (χ0v) is 16.8. The van der Waals surface area contributed by atoms with Gasteiger partial charge in [0.15, 0.2) is 5.13 Å². The zero-order valence-electron chi connectivity index (χ0n) is 13.1. The summed E-state index contributed by atoms with van der Waals surface area (Å²) in [5.41, 5.74) is 2.68. The Labute approximate surface area is 163 Å². The van der Waals surface area contributed by atoms with Gasteiger partial charge in [0.05, 0.1) is 20.8 Å². The molecule has 6 heteroatoms. The molecule has 0 unspecified atom stereocenters. The van der Waals surface area contributed by atoms with Crippen LogP contribution in [0.4, 0.5) is 5.13 Å². The highest BCUT2D eigenvalue weighted by atomic mass is 127. The number of hydrogen-bond acceptors (Lipinski definition) is 3. The summed E-state index contributed by atoms with van der Waals surface area (Å²) >= 11 is 9.77. The van der Waals surface area contributed by atoms with E-state index in [-0.39, 0.29) is 5.91 Å². The van der Waals surface area contributed by atoms with Gasteiger partial charge in [-0.05, 0) is 71.3 Å². The first-order chi connectivity index (χ1) is 11.6. The van der Waals surface area contributed by atoms with E-state index in [1.54, 1.807) is 12.1 Å². The number of anilines is 1. The number of halogens is 2. The Kier molecular flexibility index (Phi) is 5.73. The summed E-state index contributed by atoms with van der Waals surface area (Å²) in [7, 11) is 0. The fourth-order valence-electron chi connectivity index (χ4n) is 2.39. The van der Waals surface area contributed by atoms with E-state index in [9.17, 15) is 4.79 Å². The molecule has 0 fully saturated rings. The molecule has 0 aliphatic heterocycles. The molecule has 24 heavy (non-hydrogen) atoms. The highest BCUT2D eigenvalue weighted by Crippen LogP contribution is 2.28. The van der Waals surface area contributed by atoms with E-state index in [1.165, 1.54) is 29.7 Å². The van der Waals surface area contributed by atoms with Gasteiger partial charge in [0, 0.05) is 3.57 Å². The lowest BCUT2D eigenvalue weighted by Crippen LogP contribution is -2.12. The van der Waals surface area contributed by atoms with Gasteiger partial charge in [-0.2, -0.15) is 0 Å². The molecule has 3 nitrogen and oxygen atoms in total. The summed E-state index contributed by atoms with van der Waals surface area (Å²) < 4.78 is 2.06. The Morgan fingerprint density at radius 1 is 1.29 bits per heavy atom. The zero-order chi connectivity index (χ0) is 17.1. The number of carbonyl (C=O) groups is 1. The van der Waals surface area contributed by atoms with E-state index in [2.05, 4.69) is 51.9 Å². The van der Waals surface area contributed by atoms with Crippen molar-refractivity contribution in [1.82, 2.24) is 4.98 Å². The monoisotopic (exact) mass is 470 g/mol. The van der Waals surface area contributed by atoms with Crippen molar-refractivity contribution < 1.29 is 4.79 Å². The number of hydrogen-bond donors (Lipinski definition) is 1. The lowest BCUT2D eigenvalue weighted by atomic mass is 10.1. The number of aryl methyl sites for hydroxylation is 1. The molecule has 2 aromatic carbocycles. The third kappa shape index (κ3) is 4.07. The first-order valence-electron chi connectivity index (χ1n) is 7.72. The molecule has 1 aromatic heterocycles. The lowest BCUT2D eigenvalue weighted by molar-refractivity contribution is 0.102. The van der Waals surface area contributed by atoms with E-state index >= 15 is 0 Å². The standard InChI is InChI=1S/C18H16ClIN2OS/c1-2-3-4-11-5-8-15-16(9-11)24-18(21-15)22-17(23)13-10-12(20)6-7-14(13)19/h5-10H,2-4H2,1H3,(H,21,22,23). The van der Waals surface area contributed by atoms with Crippen LogP contribution >= 0.6 is 45.5 Å². The van der Waals surface area contributed by atoms with E-state index in [4.69, 9.17) is 11.6 Å². The van der Waals surface area contributed by atoms with Gasteiger partial charge in [-0.1, -0.05) is 42.3 Å². The quantitative estimate of drug-likeness (QED) is 0.455. The molecule has 3 rings (SSSR count). The summed E-state index contributed by atoms with van der Waals surface area (Å²) in [4.78, 5) is 16.9. The Morgan fingerprint density at radius 3 is 2.92 bits per heavy atom.